The summed E-state index contributed by atoms with van der Waals surface area (Å²) in [5.41, 5.74) is 5.83. The molecule has 1 aromatic heterocycles. The fourth-order valence-corrected chi connectivity index (χ4v) is 5.01. The Labute approximate surface area is 221 Å². The van der Waals surface area contributed by atoms with Crippen molar-refractivity contribution in [3.8, 4) is 22.8 Å². The van der Waals surface area contributed by atoms with Gasteiger partial charge in [-0.3, -0.25) is 0 Å². The van der Waals surface area contributed by atoms with Gasteiger partial charge >= 0.3 is 6.36 Å². The molecule has 1 fully saturated rings. The van der Waals surface area contributed by atoms with E-state index in [4.69, 9.17) is 0 Å². The van der Waals surface area contributed by atoms with E-state index < -0.39 is 6.36 Å². The van der Waals surface area contributed by atoms with Gasteiger partial charge in [0.2, 0.25) is 0 Å². The number of halogens is 3. The second-order valence-electron chi connectivity index (χ2n) is 8.54. The lowest BCUT2D eigenvalue weighted by atomic mass is 10.1. The molecular formula is C27H23F3N6OS. The van der Waals surface area contributed by atoms with E-state index in [9.17, 15) is 13.2 Å². The van der Waals surface area contributed by atoms with Gasteiger partial charge in [-0.05, 0) is 54.8 Å². The van der Waals surface area contributed by atoms with Crippen molar-refractivity contribution in [2.75, 3.05) is 17.2 Å². The monoisotopic (exact) mass is 536 g/mol. The molecule has 0 spiro atoms. The molecule has 3 aromatic carbocycles. The average Bonchev–Trinajstić information content (AvgIpc) is 3.55. The first-order chi connectivity index (χ1) is 18.3. The normalized spacial score (nSPS) is 15.1. The molecule has 0 saturated carbocycles. The van der Waals surface area contributed by atoms with Crippen LogP contribution in [0, 0.1) is 13.8 Å². The molecule has 1 aliphatic rings. The molecule has 0 aliphatic carbocycles. The number of aryl methyl sites for hydroxylation is 2. The molecule has 38 heavy (non-hydrogen) atoms. The molecule has 7 nitrogen and oxygen atoms in total. The number of alkyl halides is 3. The molecule has 0 N–H and O–H groups in total. The summed E-state index contributed by atoms with van der Waals surface area (Å²) < 4.78 is 42.5. The fourth-order valence-electron chi connectivity index (χ4n) is 4.11. The van der Waals surface area contributed by atoms with Gasteiger partial charge in [0.05, 0.1) is 11.9 Å². The topological polar surface area (TPSA) is 67.9 Å². The smallest absolute Gasteiger partial charge is 0.406 e. The van der Waals surface area contributed by atoms with Crippen LogP contribution in [0.2, 0.25) is 0 Å². The maximum Gasteiger partial charge on any atom is 0.573 e. The lowest BCUT2D eigenvalue weighted by molar-refractivity contribution is -0.274. The molecule has 0 unspecified atom stereocenters. The first kappa shape index (κ1) is 25.5. The number of benzene rings is 3. The number of amidine groups is 1. The zero-order valence-corrected chi connectivity index (χ0v) is 21.4. The predicted octanol–water partition coefficient (Wildman–Crippen LogP) is 6.39. The van der Waals surface area contributed by atoms with Crippen LogP contribution < -0.4 is 9.64 Å². The number of nitrogens with zero attached hydrogens (tertiary/aromatic N) is 6. The standard InChI is InChI=1S/C27H23F3N6OS/c1-18-4-3-5-19(2)24(18)35-14-15-38-26(35)33-32-16-20-6-8-21(9-7-20)25-31-17-36(34-25)22-10-12-23(13-11-22)37-27(28,29)30/h3-13,16-17H,14-15H2,1-2H3. The molecule has 2 heterocycles. The second kappa shape index (κ2) is 10.7. The molecule has 0 amide bonds. The molecule has 194 valence electrons. The largest absolute Gasteiger partial charge is 0.573 e. The highest BCUT2D eigenvalue weighted by atomic mass is 32.2. The van der Waals surface area contributed by atoms with Crippen LogP contribution in [0.25, 0.3) is 17.1 Å². The lowest BCUT2D eigenvalue weighted by Crippen LogP contribution is -2.25. The molecule has 0 atom stereocenters. The fraction of sp³-hybridized carbons (Fsp3) is 0.185. The summed E-state index contributed by atoms with van der Waals surface area (Å²) in [5.74, 6) is 1.14. The third-order valence-electron chi connectivity index (χ3n) is 5.83. The third kappa shape index (κ3) is 5.88. The van der Waals surface area contributed by atoms with Crippen molar-refractivity contribution in [2.24, 2.45) is 10.2 Å². The van der Waals surface area contributed by atoms with Crippen molar-refractivity contribution in [1.29, 1.82) is 0 Å². The van der Waals surface area contributed by atoms with E-state index in [2.05, 4.69) is 62.0 Å². The maximum absolute atomic E-state index is 12.4. The van der Waals surface area contributed by atoms with Crippen LogP contribution in [0.5, 0.6) is 5.75 Å². The minimum Gasteiger partial charge on any atom is -0.406 e. The molecule has 5 rings (SSSR count). The van der Waals surface area contributed by atoms with Gasteiger partial charge in [0.25, 0.3) is 0 Å². The van der Waals surface area contributed by atoms with Crippen molar-refractivity contribution in [3.63, 3.8) is 0 Å². The Morgan fingerprint density at radius 1 is 0.974 bits per heavy atom. The van der Waals surface area contributed by atoms with Gasteiger partial charge in [-0.15, -0.1) is 23.4 Å². The quantitative estimate of drug-likeness (QED) is 0.211. The van der Waals surface area contributed by atoms with Crippen molar-refractivity contribution in [1.82, 2.24) is 14.8 Å². The lowest BCUT2D eigenvalue weighted by Gasteiger charge is -2.21. The number of anilines is 1. The van der Waals surface area contributed by atoms with E-state index in [-0.39, 0.29) is 5.75 Å². The van der Waals surface area contributed by atoms with E-state index in [0.29, 0.717) is 11.5 Å². The van der Waals surface area contributed by atoms with Crippen LogP contribution in [-0.2, 0) is 0 Å². The highest BCUT2D eigenvalue weighted by Gasteiger charge is 2.31. The van der Waals surface area contributed by atoms with Crippen LogP contribution in [-0.4, -0.2) is 44.8 Å². The first-order valence-corrected chi connectivity index (χ1v) is 12.7. The van der Waals surface area contributed by atoms with Gasteiger partial charge in [-0.25, -0.2) is 9.67 Å². The summed E-state index contributed by atoms with van der Waals surface area (Å²) in [7, 11) is 0. The predicted molar refractivity (Wildman–Crippen MR) is 144 cm³/mol. The minimum absolute atomic E-state index is 0.298. The second-order valence-corrected chi connectivity index (χ2v) is 9.61. The van der Waals surface area contributed by atoms with Crippen molar-refractivity contribution in [3.05, 3.63) is 89.7 Å². The van der Waals surface area contributed by atoms with Crippen molar-refractivity contribution < 1.29 is 17.9 Å². The third-order valence-corrected chi connectivity index (χ3v) is 6.78. The molecule has 1 aliphatic heterocycles. The minimum atomic E-state index is -4.73. The number of para-hydroxylation sites is 1. The summed E-state index contributed by atoms with van der Waals surface area (Å²) in [6.45, 7) is 5.11. The first-order valence-electron chi connectivity index (χ1n) is 11.7. The number of hydrogen-bond donors (Lipinski definition) is 0. The van der Waals surface area contributed by atoms with Crippen LogP contribution in [0.15, 0.2) is 83.3 Å². The number of rotatable bonds is 6. The Morgan fingerprint density at radius 2 is 1.68 bits per heavy atom. The summed E-state index contributed by atoms with van der Waals surface area (Å²) >= 11 is 1.69. The Balaban J connectivity index is 1.26. The SMILES string of the molecule is Cc1cccc(C)c1N1CCSC1=NN=Cc1ccc(-c2ncn(-c3ccc(OC(F)(F)F)cc3)n2)cc1. The van der Waals surface area contributed by atoms with Crippen LogP contribution >= 0.6 is 11.8 Å². The summed E-state index contributed by atoms with van der Waals surface area (Å²) in [4.78, 5) is 6.53. The van der Waals surface area contributed by atoms with E-state index in [0.717, 1.165) is 28.6 Å². The van der Waals surface area contributed by atoms with Crippen LogP contribution in [0.4, 0.5) is 18.9 Å². The van der Waals surface area contributed by atoms with Crippen molar-refractivity contribution in [2.45, 2.75) is 20.2 Å². The summed E-state index contributed by atoms with van der Waals surface area (Å²) in [6, 6.07) is 19.2. The Kier molecular flexibility index (Phi) is 7.19. The highest BCUT2D eigenvalue weighted by Crippen LogP contribution is 2.31. The van der Waals surface area contributed by atoms with E-state index in [1.54, 1.807) is 18.0 Å². The molecule has 1 saturated heterocycles. The molecule has 0 bridgehead atoms. The highest BCUT2D eigenvalue weighted by molar-refractivity contribution is 8.14. The summed E-state index contributed by atoms with van der Waals surface area (Å²) in [5, 5.41) is 14.1. The number of aromatic nitrogens is 3. The molecule has 4 aromatic rings. The van der Waals surface area contributed by atoms with Crippen molar-refractivity contribution >= 4 is 28.8 Å². The van der Waals surface area contributed by atoms with Gasteiger partial charge in [0.15, 0.2) is 11.0 Å². The molecule has 11 heteroatoms. The average molecular weight is 537 g/mol. The van der Waals surface area contributed by atoms with Crippen LogP contribution in [0.3, 0.4) is 0 Å². The Hall–Kier alpha value is -4.12. The number of ether oxygens (including phenoxy) is 1. The Morgan fingerprint density at radius 3 is 2.37 bits per heavy atom. The Bertz CT molecular complexity index is 1460. The van der Waals surface area contributed by atoms with Gasteiger partial charge in [-0.1, -0.05) is 54.2 Å². The molecule has 0 radical (unpaired) electrons. The zero-order chi connectivity index (χ0) is 26.7. The van der Waals surface area contributed by atoms with E-state index >= 15 is 0 Å². The maximum atomic E-state index is 12.4. The van der Waals surface area contributed by atoms with Gasteiger partial charge in [-0.2, -0.15) is 5.10 Å². The van der Waals surface area contributed by atoms with Gasteiger partial charge in [0.1, 0.15) is 12.1 Å². The van der Waals surface area contributed by atoms with Crippen LogP contribution in [0.1, 0.15) is 16.7 Å². The van der Waals surface area contributed by atoms with E-state index in [1.165, 1.54) is 52.1 Å². The number of thioether (sulfide) groups is 1. The van der Waals surface area contributed by atoms with Gasteiger partial charge < -0.3 is 9.64 Å². The number of hydrogen-bond acceptors (Lipinski definition) is 6. The molecular weight excluding hydrogens is 513 g/mol. The summed E-state index contributed by atoms with van der Waals surface area (Å²) in [6.07, 6.45) is -1.53. The van der Waals surface area contributed by atoms with Gasteiger partial charge in [0, 0.05) is 23.5 Å². The zero-order valence-electron chi connectivity index (χ0n) is 20.6. The van der Waals surface area contributed by atoms with E-state index in [1.807, 2.05) is 24.3 Å².